The Bertz CT molecular complexity index is 548. The number of nitrogens with zero attached hydrogens (tertiary/aromatic N) is 2. The van der Waals surface area contributed by atoms with Gasteiger partial charge in [-0.25, -0.2) is 4.39 Å². The molecule has 23 heavy (non-hydrogen) atoms. The van der Waals surface area contributed by atoms with Crippen molar-refractivity contribution in [2.75, 3.05) is 39.4 Å². The van der Waals surface area contributed by atoms with Crippen LogP contribution in [0.1, 0.15) is 24.4 Å². The quantitative estimate of drug-likeness (QED) is 0.907. The summed E-state index contributed by atoms with van der Waals surface area (Å²) < 4.78 is 19.7. The van der Waals surface area contributed by atoms with E-state index in [-0.39, 0.29) is 17.8 Å². The van der Waals surface area contributed by atoms with Gasteiger partial charge in [0, 0.05) is 37.8 Å². The van der Waals surface area contributed by atoms with Gasteiger partial charge in [0.15, 0.2) is 0 Å². The second kappa shape index (κ2) is 7.38. The third-order valence-electron chi connectivity index (χ3n) is 4.61. The van der Waals surface area contributed by atoms with E-state index >= 15 is 0 Å². The van der Waals surface area contributed by atoms with Crippen molar-refractivity contribution >= 4 is 5.91 Å². The Balaban J connectivity index is 1.88. The molecule has 0 spiro atoms. The summed E-state index contributed by atoms with van der Waals surface area (Å²) in [6.45, 7) is 3.64. The van der Waals surface area contributed by atoms with E-state index in [1.165, 1.54) is 6.07 Å². The normalized spacial score (nSPS) is 24.4. The Morgan fingerprint density at radius 2 is 2.00 bits per heavy atom. The van der Waals surface area contributed by atoms with Crippen LogP contribution in [0.4, 0.5) is 4.39 Å². The zero-order valence-corrected chi connectivity index (χ0v) is 13.3. The molecule has 2 fully saturated rings. The smallest absolute Gasteiger partial charge is 0.244 e. The van der Waals surface area contributed by atoms with Gasteiger partial charge in [-0.05, 0) is 18.9 Å². The number of hydrogen-bond donors (Lipinski definition) is 1. The molecule has 2 N–H and O–H groups in total. The number of carbonyl (C=O) groups excluding carboxylic acids is 1. The van der Waals surface area contributed by atoms with E-state index < -0.39 is 6.04 Å². The Kier molecular flexibility index (Phi) is 5.25. The molecule has 0 radical (unpaired) electrons. The highest BCUT2D eigenvalue weighted by atomic mass is 19.1. The number of likely N-dealkylation sites (tertiary alicyclic amines) is 1. The molecule has 1 aromatic rings. The molecule has 126 valence electrons. The number of halogens is 1. The summed E-state index contributed by atoms with van der Waals surface area (Å²) in [5.74, 6) is -0.384. The van der Waals surface area contributed by atoms with Crippen molar-refractivity contribution in [2.24, 2.45) is 5.73 Å². The number of carbonyl (C=O) groups is 1. The van der Waals surface area contributed by atoms with Crippen LogP contribution in [0.5, 0.6) is 0 Å². The maximum atomic E-state index is 14.3. The van der Waals surface area contributed by atoms with Crippen LogP contribution in [-0.4, -0.2) is 61.1 Å². The molecule has 2 heterocycles. The molecular weight excluding hydrogens is 297 g/mol. The summed E-state index contributed by atoms with van der Waals surface area (Å²) in [6.07, 6.45) is 1.84. The van der Waals surface area contributed by atoms with E-state index in [0.29, 0.717) is 45.0 Å². The van der Waals surface area contributed by atoms with Gasteiger partial charge in [-0.15, -0.1) is 0 Å². The lowest BCUT2D eigenvalue weighted by atomic mass is 10.00. The van der Waals surface area contributed by atoms with Gasteiger partial charge in [-0.3, -0.25) is 9.69 Å². The number of hydrogen-bond acceptors (Lipinski definition) is 4. The zero-order valence-electron chi connectivity index (χ0n) is 13.3. The summed E-state index contributed by atoms with van der Waals surface area (Å²) in [4.78, 5) is 16.9. The lowest BCUT2D eigenvalue weighted by Crippen LogP contribution is -2.52. The van der Waals surface area contributed by atoms with Gasteiger partial charge in [0.05, 0.1) is 13.2 Å². The van der Waals surface area contributed by atoms with Crippen LogP contribution in [0.25, 0.3) is 0 Å². The van der Waals surface area contributed by atoms with Gasteiger partial charge in [0.2, 0.25) is 5.91 Å². The summed E-state index contributed by atoms with van der Waals surface area (Å²) in [7, 11) is 0. The standard InChI is InChI=1S/C17H24FN3O2/c18-15-6-2-1-5-14(15)16(20-8-10-23-11-9-20)17(22)21-7-3-4-13(19)12-21/h1-2,5-6,13,16H,3-4,7-12,19H2. The van der Waals surface area contributed by atoms with Crippen LogP contribution < -0.4 is 5.73 Å². The molecule has 0 saturated carbocycles. The second-order valence-electron chi connectivity index (χ2n) is 6.26. The molecule has 2 saturated heterocycles. The molecule has 2 aliphatic rings. The van der Waals surface area contributed by atoms with Crippen LogP contribution in [0, 0.1) is 5.82 Å². The number of rotatable bonds is 3. The van der Waals surface area contributed by atoms with Crippen LogP contribution in [0.2, 0.25) is 0 Å². The van der Waals surface area contributed by atoms with Crippen molar-refractivity contribution in [3.63, 3.8) is 0 Å². The van der Waals surface area contributed by atoms with Gasteiger partial charge < -0.3 is 15.4 Å². The molecule has 2 unspecified atom stereocenters. The van der Waals surface area contributed by atoms with Crippen molar-refractivity contribution in [1.82, 2.24) is 9.80 Å². The van der Waals surface area contributed by atoms with E-state index in [9.17, 15) is 9.18 Å². The van der Waals surface area contributed by atoms with Crippen molar-refractivity contribution in [3.05, 3.63) is 35.6 Å². The van der Waals surface area contributed by atoms with Gasteiger partial charge in [0.25, 0.3) is 0 Å². The van der Waals surface area contributed by atoms with Gasteiger partial charge in [-0.2, -0.15) is 0 Å². The fourth-order valence-corrected chi connectivity index (χ4v) is 3.40. The summed E-state index contributed by atoms with van der Waals surface area (Å²) in [5, 5.41) is 0. The van der Waals surface area contributed by atoms with Crippen LogP contribution in [0.15, 0.2) is 24.3 Å². The zero-order chi connectivity index (χ0) is 16.2. The third kappa shape index (κ3) is 3.71. The van der Waals surface area contributed by atoms with E-state index in [1.807, 2.05) is 4.90 Å². The van der Waals surface area contributed by atoms with Crippen molar-refractivity contribution in [1.29, 1.82) is 0 Å². The number of morpholine rings is 1. The lowest BCUT2D eigenvalue weighted by Gasteiger charge is -2.39. The van der Waals surface area contributed by atoms with Crippen LogP contribution in [0.3, 0.4) is 0 Å². The highest BCUT2D eigenvalue weighted by Crippen LogP contribution is 2.27. The molecule has 0 bridgehead atoms. The lowest BCUT2D eigenvalue weighted by molar-refractivity contribution is -0.140. The van der Waals surface area contributed by atoms with Crippen LogP contribution >= 0.6 is 0 Å². The number of ether oxygens (including phenoxy) is 1. The SMILES string of the molecule is NC1CCCN(C(=O)C(c2ccccc2F)N2CCOCC2)C1. The fraction of sp³-hybridized carbons (Fsp3) is 0.588. The summed E-state index contributed by atoms with van der Waals surface area (Å²) >= 11 is 0. The van der Waals surface area contributed by atoms with E-state index in [0.717, 1.165) is 12.8 Å². The van der Waals surface area contributed by atoms with Gasteiger partial charge >= 0.3 is 0 Å². The average molecular weight is 321 g/mol. The highest BCUT2D eigenvalue weighted by molar-refractivity contribution is 5.83. The molecule has 5 nitrogen and oxygen atoms in total. The van der Waals surface area contributed by atoms with Crippen molar-refractivity contribution in [3.8, 4) is 0 Å². The first-order valence-corrected chi connectivity index (χ1v) is 8.27. The first-order valence-electron chi connectivity index (χ1n) is 8.27. The second-order valence-corrected chi connectivity index (χ2v) is 6.26. The summed E-state index contributed by atoms with van der Waals surface area (Å²) in [6, 6.07) is 5.97. The van der Waals surface area contributed by atoms with Gasteiger partial charge in [-0.1, -0.05) is 18.2 Å². The fourth-order valence-electron chi connectivity index (χ4n) is 3.40. The van der Waals surface area contributed by atoms with E-state index in [4.69, 9.17) is 10.5 Å². The number of benzene rings is 1. The third-order valence-corrected chi connectivity index (χ3v) is 4.61. The average Bonchev–Trinajstić information content (AvgIpc) is 2.58. The van der Waals surface area contributed by atoms with E-state index in [1.54, 1.807) is 23.1 Å². The minimum absolute atomic E-state index is 0.0126. The Hall–Kier alpha value is -1.50. The molecule has 1 amide bonds. The molecule has 2 aliphatic heterocycles. The molecule has 2 atom stereocenters. The van der Waals surface area contributed by atoms with Gasteiger partial charge in [0.1, 0.15) is 11.9 Å². The monoisotopic (exact) mass is 321 g/mol. The Labute approximate surface area is 136 Å². The van der Waals surface area contributed by atoms with Crippen LogP contribution in [-0.2, 0) is 9.53 Å². The number of nitrogens with two attached hydrogens (primary N) is 1. The maximum absolute atomic E-state index is 14.3. The highest BCUT2D eigenvalue weighted by Gasteiger charge is 2.35. The maximum Gasteiger partial charge on any atom is 0.244 e. The van der Waals surface area contributed by atoms with Crippen molar-refractivity contribution in [2.45, 2.75) is 24.9 Å². The molecule has 6 heteroatoms. The first kappa shape index (κ1) is 16.4. The molecular formula is C17H24FN3O2. The topological polar surface area (TPSA) is 58.8 Å². The first-order chi connectivity index (χ1) is 11.2. The molecule has 3 rings (SSSR count). The van der Waals surface area contributed by atoms with E-state index in [2.05, 4.69) is 0 Å². The predicted molar refractivity (Wildman–Crippen MR) is 85.3 cm³/mol. The number of amides is 1. The summed E-state index contributed by atoms with van der Waals surface area (Å²) in [5.41, 5.74) is 6.45. The Morgan fingerprint density at radius 1 is 1.26 bits per heavy atom. The minimum Gasteiger partial charge on any atom is -0.379 e. The molecule has 0 aliphatic carbocycles. The Morgan fingerprint density at radius 3 is 2.70 bits per heavy atom. The van der Waals surface area contributed by atoms with Crippen molar-refractivity contribution < 1.29 is 13.9 Å². The minimum atomic E-state index is -0.592. The number of piperidine rings is 1. The predicted octanol–water partition coefficient (Wildman–Crippen LogP) is 1.15. The molecule has 0 aromatic heterocycles. The molecule has 1 aromatic carbocycles. The largest absolute Gasteiger partial charge is 0.379 e.